The summed E-state index contributed by atoms with van der Waals surface area (Å²) in [4.78, 5) is 22.8. The number of nitrogens with two attached hydrogens (primary N) is 1. The molecule has 1 unspecified atom stereocenters. The first-order chi connectivity index (χ1) is 11.0. The molecular weight excluding hydrogens is 314 g/mol. The van der Waals surface area contributed by atoms with Crippen molar-refractivity contribution in [1.29, 1.82) is 0 Å². The third-order valence-electron chi connectivity index (χ3n) is 2.48. The maximum absolute atomic E-state index is 11.5. The molecule has 5 nitrogen and oxygen atoms in total. The van der Waals surface area contributed by atoms with Crippen molar-refractivity contribution in [3.05, 3.63) is 29.8 Å². The smallest absolute Gasteiger partial charge is 0.338 e. The lowest BCUT2D eigenvalue weighted by molar-refractivity contribution is -0.137. The maximum atomic E-state index is 11.5. The molecule has 0 aromatic heterocycles. The van der Waals surface area contributed by atoms with Crippen molar-refractivity contribution in [2.45, 2.75) is 51.5 Å². The Morgan fingerprint density at radius 3 is 2.30 bits per heavy atom. The topological polar surface area (TPSA) is 89.6 Å². The van der Waals surface area contributed by atoms with Crippen molar-refractivity contribution >= 4 is 23.7 Å². The second kappa shape index (κ2) is 15.4. The highest BCUT2D eigenvalue weighted by molar-refractivity contribution is 7.99. The lowest BCUT2D eigenvalue weighted by atomic mass is 10.2. The van der Waals surface area contributed by atoms with Gasteiger partial charge in [-0.25, -0.2) is 4.79 Å². The van der Waals surface area contributed by atoms with Gasteiger partial charge in [-0.2, -0.15) is 0 Å². The number of hydrogen-bond donors (Lipinski definition) is 2. The van der Waals surface area contributed by atoms with Crippen molar-refractivity contribution in [3.63, 3.8) is 0 Å². The lowest BCUT2D eigenvalue weighted by Gasteiger charge is -2.10. The van der Waals surface area contributed by atoms with Crippen molar-refractivity contribution in [2.24, 2.45) is 5.73 Å². The number of aliphatic carboxylic acids is 1. The Labute approximate surface area is 143 Å². The Balaban J connectivity index is 0. The predicted octanol–water partition coefficient (Wildman–Crippen LogP) is 3.81. The molecule has 0 aliphatic rings. The summed E-state index contributed by atoms with van der Waals surface area (Å²) < 4.78 is 4.70. The van der Waals surface area contributed by atoms with Crippen LogP contribution in [0, 0.1) is 0 Å². The number of carbonyl (C=O) groups is 2. The molecule has 1 rings (SSSR count). The normalized spacial score (nSPS) is 10.3. The zero-order valence-electron chi connectivity index (χ0n) is 14.7. The van der Waals surface area contributed by atoms with Crippen LogP contribution in [-0.2, 0) is 9.53 Å². The van der Waals surface area contributed by atoms with Gasteiger partial charge in [0.2, 0.25) is 0 Å². The van der Waals surface area contributed by atoms with E-state index in [1.165, 1.54) is 18.9 Å². The van der Waals surface area contributed by atoms with Gasteiger partial charge in [0, 0.05) is 10.9 Å². The fourth-order valence-corrected chi connectivity index (χ4v) is 2.64. The van der Waals surface area contributed by atoms with Crippen molar-refractivity contribution in [1.82, 2.24) is 0 Å². The summed E-state index contributed by atoms with van der Waals surface area (Å²) in [5, 5.41) is 8.60. The summed E-state index contributed by atoms with van der Waals surface area (Å²) in [7, 11) is 1.34. The summed E-state index contributed by atoms with van der Waals surface area (Å²) in [5.74, 6) is -0.618. The number of carbonyl (C=O) groups excluding carboxylic acids is 1. The average molecular weight is 343 g/mol. The number of hydrogen-bond acceptors (Lipinski definition) is 5. The summed E-state index contributed by atoms with van der Waals surface area (Å²) in [5.41, 5.74) is 6.19. The summed E-state index contributed by atoms with van der Waals surface area (Å²) >= 11 is 1.47. The SMILES string of the molecule is CC.CC.COC(=O)c1ccccc1SCCC(N)CC(=O)O. The quantitative estimate of drug-likeness (QED) is 0.578. The Morgan fingerprint density at radius 1 is 1.22 bits per heavy atom. The molecule has 3 N–H and O–H groups in total. The van der Waals surface area contributed by atoms with Gasteiger partial charge >= 0.3 is 11.9 Å². The van der Waals surface area contributed by atoms with Crippen LogP contribution in [0.4, 0.5) is 0 Å². The first-order valence-electron chi connectivity index (χ1n) is 7.82. The zero-order chi connectivity index (χ0) is 18.3. The first-order valence-corrected chi connectivity index (χ1v) is 8.80. The molecule has 0 radical (unpaired) electrons. The predicted molar refractivity (Wildman–Crippen MR) is 96.0 cm³/mol. The van der Waals surface area contributed by atoms with Crippen LogP contribution in [0.15, 0.2) is 29.2 Å². The Bertz CT molecular complexity index is 452. The third kappa shape index (κ3) is 10.8. The highest BCUT2D eigenvalue weighted by atomic mass is 32.2. The molecule has 0 saturated heterocycles. The van der Waals surface area contributed by atoms with Gasteiger partial charge < -0.3 is 15.6 Å². The molecule has 1 atom stereocenters. The van der Waals surface area contributed by atoms with Crippen LogP contribution in [0.25, 0.3) is 0 Å². The fraction of sp³-hybridized carbons (Fsp3) is 0.529. The van der Waals surface area contributed by atoms with Crippen LogP contribution < -0.4 is 5.73 Å². The lowest BCUT2D eigenvalue weighted by Crippen LogP contribution is -2.24. The molecule has 0 saturated carbocycles. The van der Waals surface area contributed by atoms with Gasteiger partial charge in [-0.1, -0.05) is 39.8 Å². The molecule has 132 valence electrons. The van der Waals surface area contributed by atoms with Crippen LogP contribution >= 0.6 is 11.8 Å². The van der Waals surface area contributed by atoms with Crippen molar-refractivity contribution < 1.29 is 19.4 Å². The monoisotopic (exact) mass is 343 g/mol. The molecule has 23 heavy (non-hydrogen) atoms. The van der Waals surface area contributed by atoms with Crippen LogP contribution in [0.2, 0.25) is 0 Å². The molecule has 1 aromatic rings. The zero-order valence-corrected chi connectivity index (χ0v) is 15.5. The number of carboxylic acids is 1. The molecule has 0 aliphatic heterocycles. The number of esters is 1. The minimum atomic E-state index is -0.896. The molecular formula is C17H29NO4S. The van der Waals surface area contributed by atoms with Gasteiger partial charge in [0.15, 0.2) is 0 Å². The van der Waals surface area contributed by atoms with E-state index in [0.717, 1.165) is 4.90 Å². The fourth-order valence-electron chi connectivity index (χ4n) is 1.52. The van der Waals surface area contributed by atoms with E-state index in [1.54, 1.807) is 12.1 Å². The minimum Gasteiger partial charge on any atom is -0.481 e. The van der Waals surface area contributed by atoms with E-state index >= 15 is 0 Å². The molecule has 6 heteroatoms. The minimum absolute atomic E-state index is 0.0425. The molecule has 0 amide bonds. The molecule has 1 aromatic carbocycles. The third-order valence-corrected chi connectivity index (χ3v) is 3.58. The van der Waals surface area contributed by atoms with Crippen LogP contribution in [-0.4, -0.2) is 35.9 Å². The number of ether oxygens (including phenoxy) is 1. The second-order valence-corrected chi connectivity index (χ2v) is 5.12. The highest BCUT2D eigenvalue weighted by Gasteiger charge is 2.12. The Morgan fingerprint density at radius 2 is 1.78 bits per heavy atom. The van der Waals surface area contributed by atoms with Gasteiger partial charge in [-0.3, -0.25) is 4.79 Å². The van der Waals surface area contributed by atoms with Crippen molar-refractivity contribution in [3.8, 4) is 0 Å². The van der Waals surface area contributed by atoms with Gasteiger partial charge in [0.05, 0.1) is 19.1 Å². The van der Waals surface area contributed by atoms with E-state index in [0.29, 0.717) is 17.7 Å². The van der Waals surface area contributed by atoms with Gasteiger partial charge in [0.25, 0.3) is 0 Å². The Kier molecular flexibility index (Phi) is 15.9. The number of methoxy groups -OCH3 is 1. The van der Waals surface area contributed by atoms with E-state index in [2.05, 4.69) is 0 Å². The summed E-state index contributed by atoms with van der Waals surface area (Å²) in [6.45, 7) is 8.00. The molecule has 0 spiro atoms. The molecule has 0 aliphatic carbocycles. The van der Waals surface area contributed by atoms with E-state index in [9.17, 15) is 9.59 Å². The largest absolute Gasteiger partial charge is 0.481 e. The van der Waals surface area contributed by atoms with E-state index in [1.807, 2.05) is 39.8 Å². The molecule has 0 heterocycles. The Hall–Kier alpha value is -1.53. The number of carboxylic acid groups (broad SMARTS) is 1. The molecule has 0 fully saturated rings. The van der Waals surface area contributed by atoms with Crippen LogP contribution in [0.3, 0.4) is 0 Å². The second-order valence-electron chi connectivity index (χ2n) is 3.98. The number of rotatable bonds is 7. The first kappa shape index (κ1) is 23.7. The van der Waals surface area contributed by atoms with E-state index in [-0.39, 0.29) is 18.4 Å². The van der Waals surface area contributed by atoms with E-state index in [4.69, 9.17) is 15.6 Å². The summed E-state index contributed by atoms with van der Waals surface area (Å²) in [6, 6.07) is 6.78. The average Bonchev–Trinajstić information content (AvgIpc) is 2.57. The van der Waals surface area contributed by atoms with Crippen molar-refractivity contribution in [2.75, 3.05) is 12.9 Å². The number of benzene rings is 1. The summed E-state index contributed by atoms with van der Waals surface area (Å²) in [6.07, 6.45) is 0.533. The van der Waals surface area contributed by atoms with Gasteiger partial charge in [-0.05, 0) is 24.3 Å². The molecule has 0 bridgehead atoms. The van der Waals surface area contributed by atoms with Crippen LogP contribution in [0.5, 0.6) is 0 Å². The van der Waals surface area contributed by atoms with Gasteiger partial charge in [-0.15, -0.1) is 11.8 Å². The highest BCUT2D eigenvalue weighted by Crippen LogP contribution is 2.24. The standard InChI is InChI=1S/C13H17NO4S.2C2H6/c1-18-13(17)10-4-2-3-5-11(10)19-7-6-9(14)8-12(15)16;2*1-2/h2-5,9H,6-8,14H2,1H3,(H,15,16);2*1-2H3. The van der Waals surface area contributed by atoms with Crippen LogP contribution in [0.1, 0.15) is 50.9 Å². The number of thioether (sulfide) groups is 1. The van der Waals surface area contributed by atoms with E-state index < -0.39 is 5.97 Å². The van der Waals surface area contributed by atoms with Gasteiger partial charge in [0.1, 0.15) is 0 Å². The maximum Gasteiger partial charge on any atom is 0.338 e.